The maximum absolute atomic E-state index is 13.0. The molecule has 40 heavy (non-hydrogen) atoms. The van der Waals surface area contributed by atoms with Crippen molar-refractivity contribution in [2.24, 2.45) is 4.99 Å². The summed E-state index contributed by atoms with van der Waals surface area (Å²) in [6.45, 7) is 8.80. The fourth-order valence-corrected chi connectivity index (χ4v) is 4.03. The standard InChI is InChI=1S/C31H36N6O3/c1-3-4-9-27(32-2)21-36(22-28-10-5-7-16-33-28)18-19-37(23-29-11-6-8-17-34-29)24-30(38)35-26-14-12-25(13-15-26)20-31(39)40/h3-17H,2,18-24H2,1H3,(H,35,38)(H,39,40)/b4-3-,27-9-. The number of benzene rings is 1. The van der Waals surface area contributed by atoms with Crippen LogP contribution in [-0.2, 0) is 29.1 Å². The van der Waals surface area contributed by atoms with E-state index in [0.29, 0.717) is 44.0 Å². The third-order valence-electron chi connectivity index (χ3n) is 5.99. The summed E-state index contributed by atoms with van der Waals surface area (Å²) in [5.41, 5.74) is 3.94. The Morgan fingerprint density at radius 1 is 0.925 bits per heavy atom. The molecular weight excluding hydrogens is 504 g/mol. The number of hydrogen-bond donors (Lipinski definition) is 2. The highest BCUT2D eigenvalue weighted by Gasteiger charge is 2.16. The summed E-state index contributed by atoms with van der Waals surface area (Å²) >= 11 is 0. The monoisotopic (exact) mass is 540 g/mol. The minimum atomic E-state index is -0.896. The molecule has 2 heterocycles. The number of hydrogen-bond acceptors (Lipinski definition) is 7. The van der Waals surface area contributed by atoms with Gasteiger partial charge in [0.25, 0.3) is 0 Å². The molecular formula is C31H36N6O3. The van der Waals surface area contributed by atoms with Crippen molar-refractivity contribution >= 4 is 24.3 Å². The molecule has 0 fully saturated rings. The van der Waals surface area contributed by atoms with Crippen LogP contribution in [0.25, 0.3) is 0 Å². The summed E-state index contributed by atoms with van der Waals surface area (Å²) < 4.78 is 0. The molecule has 0 bridgehead atoms. The van der Waals surface area contributed by atoms with Crippen molar-refractivity contribution in [3.63, 3.8) is 0 Å². The fraction of sp³-hybridized carbons (Fsp3) is 0.258. The predicted molar refractivity (Wildman–Crippen MR) is 158 cm³/mol. The van der Waals surface area contributed by atoms with Crippen LogP contribution in [0.2, 0.25) is 0 Å². The lowest BCUT2D eigenvalue weighted by Crippen LogP contribution is -2.39. The summed E-state index contributed by atoms with van der Waals surface area (Å²) in [6, 6.07) is 18.4. The Labute approximate surface area is 235 Å². The van der Waals surface area contributed by atoms with Crippen LogP contribution in [0, 0.1) is 0 Å². The maximum atomic E-state index is 13.0. The van der Waals surface area contributed by atoms with Gasteiger partial charge in [-0.15, -0.1) is 0 Å². The first-order valence-electron chi connectivity index (χ1n) is 13.1. The van der Waals surface area contributed by atoms with Crippen molar-refractivity contribution in [2.75, 3.05) is 31.5 Å². The molecule has 0 aliphatic carbocycles. The molecule has 0 atom stereocenters. The van der Waals surface area contributed by atoms with E-state index in [4.69, 9.17) is 5.11 Å². The second-order valence-electron chi connectivity index (χ2n) is 9.22. The number of aliphatic imine (C=N–C) groups is 1. The second-order valence-corrected chi connectivity index (χ2v) is 9.22. The highest BCUT2D eigenvalue weighted by Crippen LogP contribution is 2.12. The Hall–Kier alpha value is -4.47. The molecule has 2 aromatic heterocycles. The van der Waals surface area contributed by atoms with Crippen LogP contribution in [0.5, 0.6) is 0 Å². The Kier molecular flexibility index (Phi) is 12.4. The van der Waals surface area contributed by atoms with Crippen LogP contribution in [-0.4, -0.2) is 69.6 Å². The molecule has 0 radical (unpaired) electrons. The number of carbonyl (C=O) groups is 2. The molecule has 3 rings (SSSR count). The van der Waals surface area contributed by atoms with Crippen LogP contribution >= 0.6 is 0 Å². The van der Waals surface area contributed by atoms with E-state index in [1.807, 2.05) is 61.5 Å². The largest absolute Gasteiger partial charge is 0.481 e. The van der Waals surface area contributed by atoms with Crippen molar-refractivity contribution in [2.45, 2.75) is 26.4 Å². The molecule has 9 nitrogen and oxygen atoms in total. The number of nitrogens with zero attached hydrogens (tertiary/aromatic N) is 5. The third-order valence-corrected chi connectivity index (χ3v) is 5.99. The number of pyridine rings is 2. The van der Waals surface area contributed by atoms with E-state index in [1.54, 1.807) is 36.7 Å². The first kappa shape index (κ1) is 30.1. The number of amides is 1. The smallest absolute Gasteiger partial charge is 0.307 e. The SMILES string of the molecule is C=N/C(=C\C=C/C)CN(CCN(CC(=O)Nc1ccc(CC(=O)O)cc1)Cc1ccccn1)Cc1ccccn1. The van der Waals surface area contributed by atoms with Gasteiger partial charge in [0.05, 0.1) is 30.1 Å². The third kappa shape index (κ3) is 11.1. The van der Waals surface area contributed by atoms with Gasteiger partial charge in [0.15, 0.2) is 0 Å². The molecule has 0 aliphatic rings. The second kappa shape index (κ2) is 16.5. The molecule has 0 aliphatic heterocycles. The van der Waals surface area contributed by atoms with Gasteiger partial charge in [-0.3, -0.25) is 34.3 Å². The predicted octanol–water partition coefficient (Wildman–Crippen LogP) is 4.21. The average Bonchev–Trinajstić information content (AvgIpc) is 2.95. The van der Waals surface area contributed by atoms with Gasteiger partial charge in [0, 0.05) is 50.8 Å². The Balaban J connectivity index is 1.71. The lowest BCUT2D eigenvalue weighted by atomic mass is 10.1. The lowest BCUT2D eigenvalue weighted by molar-refractivity contribution is -0.136. The van der Waals surface area contributed by atoms with Crippen molar-refractivity contribution in [1.29, 1.82) is 0 Å². The van der Waals surface area contributed by atoms with Gasteiger partial charge >= 0.3 is 5.97 Å². The van der Waals surface area contributed by atoms with E-state index in [-0.39, 0.29) is 18.9 Å². The molecule has 0 saturated carbocycles. The minimum Gasteiger partial charge on any atom is -0.481 e. The molecule has 208 valence electrons. The Morgan fingerprint density at radius 3 is 2.02 bits per heavy atom. The van der Waals surface area contributed by atoms with Gasteiger partial charge in [-0.1, -0.05) is 36.4 Å². The number of allylic oxidation sites excluding steroid dienone is 3. The molecule has 0 saturated heterocycles. The van der Waals surface area contributed by atoms with Crippen LogP contribution in [0.4, 0.5) is 5.69 Å². The van der Waals surface area contributed by atoms with Crippen LogP contribution in [0.1, 0.15) is 23.9 Å². The minimum absolute atomic E-state index is 0.0614. The van der Waals surface area contributed by atoms with E-state index in [0.717, 1.165) is 17.1 Å². The van der Waals surface area contributed by atoms with Gasteiger partial charge < -0.3 is 10.4 Å². The van der Waals surface area contributed by atoms with Gasteiger partial charge in [-0.05, 0) is 61.7 Å². The summed E-state index contributed by atoms with van der Waals surface area (Å²) in [5, 5.41) is 11.9. The molecule has 0 unspecified atom stereocenters. The topological polar surface area (TPSA) is 111 Å². The van der Waals surface area contributed by atoms with E-state index in [9.17, 15) is 9.59 Å². The number of rotatable bonds is 16. The number of aromatic nitrogens is 2. The zero-order chi connectivity index (χ0) is 28.6. The van der Waals surface area contributed by atoms with Gasteiger partial charge in [0.1, 0.15) is 0 Å². The van der Waals surface area contributed by atoms with Crippen molar-refractivity contribution in [3.05, 3.63) is 114 Å². The zero-order valence-corrected chi connectivity index (χ0v) is 22.8. The number of anilines is 1. The van der Waals surface area contributed by atoms with Gasteiger partial charge in [-0.2, -0.15) is 0 Å². The van der Waals surface area contributed by atoms with E-state index < -0.39 is 5.97 Å². The van der Waals surface area contributed by atoms with E-state index in [1.165, 1.54) is 0 Å². The summed E-state index contributed by atoms with van der Waals surface area (Å²) in [6.07, 6.45) is 9.29. The molecule has 2 N–H and O–H groups in total. The molecule has 3 aromatic rings. The van der Waals surface area contributed by atoms with E-state index >= 15 is 0 Å². The highest BCUT2D eigenvalue weighted by molar-refractivity contribution is 5.92. The molecule has 9 heteroatoms. The van der Waals surface area contributed by atoms with Gasteiger partial charge in [-0.25, -0.2) is 0 Å². The fourth-order valence-electron chi connectivity index (χ4n) is 4.03. The summed E-state index contributed by atoms with van der Waals surface area (Å²) in [4.78, 5) is 41.4. The first-order valence-corrected chi connectivity index (χ1v) is 13.1. The number of carboxylic acids is 1. The quantitative estimate of drug-likeness (QED) is 0.207. The molecule has 1 aromatic carbocycles. The first-order chi connectivity index (χ1) is 19.4. The molecule has 1 amide bonds. The number of carbonyl (C=O) groups excluding carboxylic acids is 1. The van der Waals surface area contributed by atoms with Crippen LogP contribution in [0.3, 0.4) is 0 Å². The summed E-state index contributed by atoms with van der Waals surface area (Å²) in [7, 11) is 0. The van der Waals surface area contributed by atoms with Crippen LogP contribution in [0.15, 0.2) is 102 Å². The Bertz CT molecular complexity index is 1280. The van der Waals surface area contributed by atoms with Gasteiger partial charge in [0.2, 0.25) is 5.91 Å². The van der Waals surface area contributed by atoms with Crippen molar-refractivity contribution in [3.8, 4) is 0 Å². The molecule has 0 spiro atoms. The number of nitrogens with one attached hydrogen (secondary N) is 1. The Morgan fingerprint density at radius 2 is 1.52 bits per heavy atom. The van der Waals surface area contributed by atoms with Crippen molar-refractivity contribution in [1.82, 2.24) is 19.8 Å². The zero-order valence-electron chi connectivity index (χ0n) is 22.8. The number of carboxylic acid groups (broad SMARTS) is 1. The average molecular weight is 541 g/mol. The normalized spacial score (nSPS) is 11.7. The summed E-state index contributed by atoms with van der Waals surface area (Å²) in [5.74, 6) is -1.06. The lowest BCUT2D eigenvalue weighted by Gasteiger charge is -2.27. The van der Waals surface area contributed by atoms with Crippen molar-refractivity contribution < 1.29 is 14.7 Å². The highest BCUT2D eigenvalue weighted by atomic mass is 16.4. The number of aliphatic carboxylic acids is 1. The van der Waals surface area contributed by atoms with Crippen LogP contribution < -0.4 is 5.32 Å². The van der Waals surface area contributed by atoms with E-state index in [2.05, 4.69) is 36.8 Å². The maximum Gasteiger partial charge on any atom is 0.307 e.